The molecule has 4 heteroatoms. The van der Waals surface area contributed by atoms with Crippen molar-refractivity contribution in [1.82, 2.24) is 0 Å². The number of amides is 1. The van der Waals surface area contributed by atoms with Gasteiger partial charge in [-0.2, -0.15) is 0 Å². The minimum absolute atomic E-state index is 0.128. The first-order valence-corrected chi connectivity index (χ1v) is 6.36. The minimum atomic E-state index is -0.277. The van der Waals surface area contributed by atoms with Crippen LogP contribution in [0.1, 0.15) is 31.2 Å². The fraction of sp³-hybridized carbons (Fsp3) is 0.308. The van der Waals surface area contributed by atoms with Crippen molar-refractivity contribution in [3.8, 4) is 0 Å². The van der Waals surface area contributed by atoms with E-state index in [0.29, 0.717) is 6.42 Å². The Bertz CT molecular complexity index is 547. The second-order valence-electron chi connectivity index (χ2n) is 4.11. The first-order chi connectivity index (χ1) is 8.11. The van der Waals surface area contributed by atoms with Gasteiger partial charge in [0.1, 0.15) is 5.58 Å². The topological polar surface area (TPSA) is 56.2 Å². The predicted octanol–water partition coefficient (Wildman–Crippen LogP) is 3.56. The van der Waals surface area contributed by atoms with E-state index in [0.717, 1.165) is 27.4 Å². The van der Waals surface area contributed by atoms with Crippen molar-refractivity contribution in [2.24, 2.45) is 5.73 Å². The van der Waals surface area contributed by atoms with Gasteiger partial charge in [-0.05, 0) is 30.5 Å². The molecular weight excluding hydrogens is 282 g/mol. The highest BCUT2D eigenvalue weighted by Crippen LogP contribution is 2.33. The number of hydrogen-bond acceptors (Lipinski definition) is 2. The van der Waals surface area contributed by atoms with E-state index >= 15 is 0 Å². The molecule has 0 aliphatic rings. The van der Waals surface area contributed by atoms with Gasteiger partial charge < -0.3 is 10.2 Å². The lowest BCUT2D eigenvalue weighted by Gasteiger charge is -2.10. The van der Waals surface area contributed by atoms with Crippen LogP contribution in [0.4, 0.5) is 0 Å². The highest BCUT2D eigenvalue weighted by Gasteiger charge is 2.17. The summed E-state index contributed by atoms with van der Waals surface area (Å²) in [6, 6.07) is 5.86. The van der Waals surface area contributed by atoms with E-state index in [1.54, 1.807) is 6.26 Å². The summed E-state index contributed by atoms with van der Waals surface area (Å²) in [4.78, 5) is 11.0. The zero-order chi connectivity index (χ0) is 12.4. The third-order valence-electron chi connectivity index (χ3n) is 2.95. The maximum Gasteiger partial charge on any atom is 0.218 e. The monoisotopic (exact) mass is 295 g/mol. The molecule has 0 saturated carbocycles. The van der Waals surface area contributed by atoms with Crippen molar-refractivity contribution in [1.29, 1.82) is 0 Å². The Labute approximate surface area is 108 Å². The first-order valence-electron chi connectivity index (χ1n) is 5.56. The van der Waals surface area contributed by atoms with Crippen LogP contribution in [0.15, 0.2) is 33.4 Å². The zero-order valence-electron chi connectivity index (χ0n) is 9.57. The van der Waals surface area contributed by atoms with Gasteiger partial charge in [-0.25, -0.2) is 0 Å². The smallest absolute Gasteiger partial charge is 0.218 e. The van der Waals surface area contributed by atoms with Crippen LogP contribution in [0, 0.1) is 0 Å². The third-order valence-corrected chi connectivity index (χ3v) is 3.44. The summed E-state index contributed by atoms with van der Waals surface area (Å²) in [7, 11) is 0. The van der Waals surface area contributed by atoms with Gasteiger partial charge in [-0.3, -0.25) is 4.79 Å². The average molecular weight is 296 g/mol. The van der Waals surface area contributed by atoms with E-state index in [4.69, 9.17) is 10.2 Å². The van der Waals surface area contributed by atoms with Gasteiger partial charge in [-0.15, -0.1) is 0 Å². The van der Waals surface area contributed by atoms with Crippen LogP contribution >= 0.6 is 15.9 Å². The molecule has 1 amide bonds. The highest BCUT2D eigenvalue weighted by molar-refractivity contribution is 9.10. The standard InChI is InChI=1S/C13H14BrNO2/c1-2-8(5-13(15)16)11-7-17-12-4-3-9(14)6-10(11)12/h3-4,6-8H,2,5H2,1H3,(H2,15,16). The number of carbonyl (C=O) groups excluding carboxylic acids is 1. The summed E-state index contributed by atoms with van der Waals surface area (Å²) in [5.41, 5.74) is 7.17. The third kappa shape index (κ3) is 2.52. The van der Waals surface area contributed by atoms with Crippen molar-refractivity contribution >= 4 is 32.8 Å². The van der Waals surface area contributed by atoms with Crippen LogP contribution < -0.4 is 5.73 Å². The Kier molecular flexibility index (Phi) is 3.52. The Hall–Kier alpha value is -1.29. The highest BCUT2D eigenvalue weighted by atomic mass is 79.9. The van der Waals surface area contributed by atoms with Crippen molar-refractivity contribution < 1.29 is 9.21 Å². The number of hydrogen-bond donors (Lipinski definition) is 1. The molecule has 0 bridgehead atoms. The predicted molar refractivity (Wildman–Crippen MR) is 70.8 cm³/mol. The summed E-state index contributed by atoms with van der Waals surface area (Å²) < 4.78 is 6.50. The number of primary amides is 1. The van der Waals surface area contributed by atoms with Gasteiger partial charge in [0, 0.05) is 21.8 Å². The summed E-state index contributed by atoms with van der Waals surface area (Å²) in [5.74, 6) is -0.149. The average Bonchev–Trinajstić information content (AvgIpc) is 2.68. The van der Waals surface area contributed by atoms with Crippen molar-refractivity contribution in [3.63, 3.8) is 0 Å². The van der Waals surface area contributed by atoms with E-state index in [2.05, 4.69) is 15.9 Å². The van der Waals surface area contributed by atoms with Crippen molar-refractivity contribution in [3.05, 3.63) is 34.5 Å². The molecule has 0 saturated heterocycles. The van der Waals surface area contributed by atoms with E-state index in [1.165, 1.54) is 0 Å². The molecule has 2 aromatic rings. The maximum atomic E-state index is 11.0. The fourth-order valence-electron chi connectivity index (χ4n) is 2.05. The fourth-order valence-corrected chi connectivity index (χ4v) is 2.42. The largest absolute Gasteiger partial charge is 0.464 e. The molecule has 1 heterocycles. The Morgan fingerprint density at radius 3 is 2.94 bits per heavy atom. The molecule has 1 aromatic carbocycles. The molecule has 2 rings (SSSR count). The van der Waals surface area contributed by atoms with E-state index in [9.17, 15) is 4.79 Å². The van der Waals surface area contributed by atoms with Gasteiger partial charge in [0.25, 0.3) is 0 Å². The van der Waals surface area contributed by atoms with Gasteiger partial charge >= 0.3 is 0 Å². The molecule has 3 nitrogen and oxygen atoms in total. The molecule has 1 aromatic heterocycles. The lowest BCUT2D eigenvalue weighted by atomic mass is 9.93. The zero-order valence-corrected chi connectivity index (χ0v) is 11.2. The normalized spacial score (nSPS) is 12.8. The van der Waals surface area contributed by atoms with Crippen LogP contribution in [0.3, 0.4) is 0 Å². The molecule has 90 valence electrons. The molecular formula is C13H14BrNO2. The van der Waals surface area contributed by atoms with Gasteiger partial charge in [-0.1, -0.05) is 22.9 Å². The molecule has 0 spiro atoms. The maximum absolute atomic E-state index is 11.0. The van der Waals surface area contributed by atoms with Crippen LogP contribution in [-0.2, 0) is 4.79 Å². The lowest BCUT2D eigenvalue weighted by molar-refractivity contribution is -0.118. The van der Waals surface area contributed by atoms with Crippen LogP contribution in [-0.4, -0.2) is 5.91 Å². The quantitative estimate of drug-likeness (QED) is 0.937. The number of halogens is 1. The number of furan rings is 1. The summed E-state index contributed by atoms with van der Waals surface area (Å²) >= 11 is 3.44. The Morgan fingerprint density at radius 1 is 1.53 bits per heavy atom. The lowest BCUT2D eigenvalue weighted by Crippen LogP contribution is -2.14. The molecule has 1 unspecified atom stereocenters. The molecule has 0 radical (unpaired) electrons. The summed E-state index contributed by atoms with van der Waals surface area (Å²) in [5, 5.41) is 1.05. The van der Waals surface area contributed by atoms with E-state index in [-0.39, 0.29) is 11.8 Å². The number of nitrogens with two attached hydrogens (primary N) is 1. The number of rotatable bonds is 4. The van der Waals surface area contributed by atoms with Gasteiger partial charge in [0.15, 0.2) is 0 Å². The second kappa shape index (κ2) is 4.92. The van der Waals surface area contributed by atoms with Crippen LogP contribution in [0.5, 0.6) is 0 Å². The number of fused-ring (bicyclic) bond motifs is 1. The Morgan fingerprint density at radius 2 is 2.29 bits per heavy atom. The summed E-state index contributed by atoms with van der Waals surface area (Å²) in [6.07, 6.45) is 2.95. The van der Waals surface area contributed by atoms with Gasteiger partial charge in [0.05, 0.1) is 6.26 Å². The number of carbonyl (C=O) groups is 1. The van der Waals surface area contributed by atoms with E-state index < -0.39 is 0 Å². The van der Waals surface area contributed by atoms with Crippen molar-refractivity contribution in [2.45, 2.75) is 25.7 Å². The second-order valence-corrected chi connectivity index (χ2v) is 5.02. The number of benzene rings is 1. The van der Waals surface area contributed by atoms with E-state index in [1.807, 2.05) is 25.1 Å². The van der Waals surface area contributed by atoms with Crippen LogP contribution in [0.2, 0.25) is 0 Å². The molecule has 0 fully saturated rings. The van der Waals surface area contributed by atoms with Crippen molar-refractivity contribution in [2.75, 3.05) is 0 Å². The summed E-state index contributed by atoms with van der Waals surface area (Å²) in [6.45, 7) is 2.05. The van der Waals surface area contributed by atoms with Crippen LogP contribution in [0.25, 0.3) is 11.0 Å². The molecule has 0 aliphatic heterocycles. The molecule has 1 atom stereocenters. The molecule has 17 heavy (non-hydrogen) atoms. The minimum Gasteiger partial charge on any atom is -0.464 e. The Balaban J connectivity index is 2.46. The SMILES string of the molecule is CCC(CC(N)=O)c1coc2ccc(Br)cc12. The molecule has 2 N–H and O–H groups in total. The first kappa shape index (κ1) is 12.2. The molecule has 0 aliphatic carbocycles. The van der Waals surface area contributed by atoms with Gasteiger partial charge in [0.2, 0.25) is 5.91 Å².